The lowest BCUT2D eigenvalue weighted by molar-refractivity contribution is 0.402. The van der Waals surface area contributed by atoms with E-state index in [1.165, 1.54) is 22.2 Å². The summed E-state index contributed by atoms with van der Waals surface area (Å²) >= 11 is 1.28. The maximum atomic E-state index is 12.1. The van der Waals surface area contributed by atoms with Crippen molar-refractivity contribution in [3.05, 3.63) is 45.0 Å². The minimum absolute atomic E-state index is 0.188. The molecule has 0 N–H and O–H groups in total. The van der Waals surface area contributed by atoms with Crippen molar-refractivity contribution in [3.8, 4) is 11.5 Å². The van der Waals surface area contributed by atoms with Crippen LogP contribution in [-0.4, -0.2) is 28.8 Å². The molecule has 0 atom stereocenters. The molecule has 0 amide bonds. The zero-order chi connectivity index (χ0) is 14.1. The minimum Gasteiger partial charge on any atom is -0.497 e. The van der Waals surface area contributed by atoms with Gasteiger partial charge in [0.2, 0.25) is 4.96 Å². The Kier molecular flexibility index (Phi) is 3.11. The van der Waals surface area contributed by atoms with Crippen LogP contribution in [0.5, 0.6) is 11.5 Å². The van der Waals surface area contributed by atoms with Crippen molar-refractivity contribution >= 4 is 22.4 Å². The van der Waals surface area contributed by atoms with Gasteiger partial charge in [-0.15, -0.1) is 0 Å². The van der Waals surface area contributed by atoms with Crippen molar-refractivity contribution in [1.82, 2.24) is 14.6 Å². The molecule has 20 heavy (non-hydrogen) atoms. The number of thiazole rings is 1. The fourth-order valence-electron chi connectivity index (χ4n) is 1.87. The molecule has 2 aromatic heterocycles. The monoisotopic (exact) mass is 289 g/mol. The van der Waals surface area contributed by atoms with Gasteiger partial charge in [-0.1, -0.05) is 11.3 Å². The molecule has 7 heteroatoms. The first-order chi connectivity index (χ1) is 9.72. The highest BCUT2D eigenvalue weighted by Crippen LogP contribution is 2.24. The summed E-state index contributed by atoms with van der Waals surface area (Å²) in [6.45, 7) is 0. The highest BCUT2D eigenvalue weighted by molar-refractivity contribution is 7.15. The molecule has 6 nitrogen and oxygen atoms in total. The van der Waals surface area contributed by atoms with Crippen LogP contribution in [-0.2, 0) is 0 Å². The number of nitrogens with zero attached hydrogens (tertiary/aromatic N) is 3. The molecule has 0 aliphatic rings. The highest BCUT2D eigenvalue weighted by Gasteiger charge is 2.07. The molecule has 0 aliphatic carbocycles. The number of benzene rings is 1. The quantitative estimate of drug-likeness (QED) is 0.710. The lowest BCUT2D eigenvalue weighted by Crippen LogP contribution is -2.23. The highest BCUT2D eigenvalue weighted by atomic mass is 32.1. The predicted octanol–water partition coefficient (Wildman–Crippen LogP) is 0.716. The average molecular weight is 289 g/mol. The van der Waals surface area contributed by atoms with Crippen molar-refractivity contribution in [2.45, 2.75) is 0 Å². The fraction of sp³-hybridized carbons (Fsp3) is 0.154. The van der Waals surface area contributed by atoms with Crippen molar-refractivity contribution in [2.75, 3.05) is 14.2 Å². The van der Waals surface area contributed by atoms with Gasteiger partial charge < -0.3 is 9.47 Å². The van der Waals surface area contributed by atoms with Gasteiger partial charge in [0.25, 0.3) is 5.56 Å². The van der Waals surface area contributed by atoms with Gasteiger partial charge in [0.05, 0.1) is 18.8 Å². The second-order valence-electron chi connectivity index (χ2n) is 3.98. The largest absolute Gasteiger partial charge is 0.497 e. The van der Waals surface area contributed by atoms with E-state index < -0.39 is 0 Å². The normalized spacial score (nSPS) is 12.0. The summed E-state index contributed by atoms with van der Waals surface area (Å²) in [6, 6.07) is 5.41. The molecule has 0 unspecified atom stereocenters. The van der Waals surface area contributed by atoms with Crippen LogP contribution in [0.1, 0.15) is 5.56 Å². The van der Waals surface area contributed by atoms with Gasteiger partial charge >= 0.3 is 0 Å². The summed E-state index contributed by atoms with van der Waals surface area (Å²) in [5.41, 5.74) is 0.584. The van der Waals surface area contributed by atoms with E-state index in [0.717, 1.165) is 5.56 Å². The number of hydrogen-bond donors (Lipinski definition) is 0. The first-order valence-corrected chi connectivity index (χ1v) is 6.61. The number of fused-ring (bicyclic) bond motifs is 1. The third kappa shape index (κ3) is 2.01. The molecule has 0 spiro atoms. The molecular weight excluding hydrogens is 278 g/mol. The molecule has 0 aliphatic heterocycles. The van der Waals surface area contributed by atoms with E-state index >= 15 is 0 Å². The first kappa shape index (κ1) is 12.6. The maximum absolute atomic E-state index is 12.1. The standard InChI is InChI=1S/C13H11N3O3S/c1-18-9-3-4-10(19-2)8(5-9)6-11-12(17)16-13(20-11)14-7-15-16/h3-7H,1-2H3. The van der Waals surface area contributed by atoms with Gasteiger partial charge in [-0.3, -0.25) is 4.79 Å². The van der Waals surface area contributed by atoms with Crippen molar-refractivity contribution in [2.24, 2.45) is 0 Å². The Balaban J connectivity index is 2.22. The molecule has 0 saturated heterocycles. The fourth-order valence-corrected chi connectivity index (χ4v) is 2.74. The SMILES string of the molecule is COc1ccc(OC)c(C=c2sc3ncnn3c2=O)c1. The maximum Gasteiger partial charge on any atom is 0.291 e. The van der Waals surface area contributed by atoms with Gasteiger partial charge in [-0.25, -0.2) is 4.98 Å². The molecule has 0 bridgehead atoms. The number of aromatic nitrogens is 3. The van der Waals surface area contributed by atoms with Gasteiger partial charge in [0, 0.05) is 5.56 Å². The van der Waals surface area contributed by atoms with Crippen molar-refractivity contribution in [3.63, 3.8) is 0 Å². The lowest BCUT2D eigenvalue weighted by atomic mass is 10.2. The van der Waals surface area contributed by atoms with Crippen LogP contribution in [0.15, 0.2) is 29.3 Å². The smallest absolute Gasteiger partial charge is 0.291 e. The molecule has 102 valence electrons. The second kappa shape index (κ2) is 4.93. The Bertz CT molecular complexity index is 869. The predicted molar refractivity (Wildman–Crippen MR) is 75.5 cm³/mol. The van der Waals surface area contributed by atoms with Crippen LogP contribution >= 0.6 is 11.3 Å². The minimum atomic E-state index is -0.188. The summed E-state index contributed by atoms with van der Waals surface area (Å²) < 4.78 is 12.3. The molecule has 0 saturated carbocycles. The van der Waals surface area contributed by atoms with Crippen LogP contribution in [0.2, 0.25) is 0 Å². The summed E-state index contributed by atoms with van der Waals surface area (Å²) in [6.07, 6.45) is 3.12. The van der Waals surface area contributed by atoms with E-state index in [-0.39, 0.29) is 5.56 Å². The van der Waals surface area contributed by atoms with Crippen molar-refractivity contribution in [1.29, 1.82) is 0 Å². The number of methoxy groups -OCH3 is 2. The first-order valence-electron chi connectivity index (χ1n) is 5.79. The molecule has 0 fully saturated rings. The summed E-state index contributed by atoms with van der Waals surface area (Å²) in [5.74, 6) is 1.37. The molecule has 3 aromatic rings. The van der Waals surface area contributed by atoms with E-state index in [1.54, 1.807) is 32.4 Å². The average Bonchev–Trinajstić information content (AvgIpc) is 3.03. The van der Waals surface area contributed by atoms with Crippen molar-refractivity contribution < 1.29 is 9.47 Å². The summed E-state index contributed by atoms with van der Waals surface area (Å²) in [5, 5.41) is 3.88. The van der Waals surface area contributed by atoms with E-state index in [2.05, 4.69) is 10.1 Å². The Morgan fingerprint density at radius 1 is 1.30 bits per heavy atom. The zero-order valence-electron chi connectivity index (χ0n) is 10.9. The summed E-state index contributed by atoms with van der Waals surface area (Å²) in [7, 11) is 3.17. The third-order valence-corrected chi connectivity index (χ3v) is 3.82. The second-order valence-corrected chi connectivity index (χ2v) is 4.99. The summed E-state index contributed by atoms with van der Waals surface area (Å²) in [4.78, 5) is 16.7. The van der Waals surface area contributed by atoms with Gasteiger partial charge in [0.1, 0.15) is 17.8 Å². The topological polar surface area (TPSA) is 65.7 Å². The number of rotatable bonds is 3. The van der Waals surface area contributed by atoms with Gasteiger partial charge in [-0.05, 0) is 24.3 Å². The zero-order valence-corrected chi connectivity index (χ0v) is 11.7. The Hall–Kier alpha value is -2.41. The van der Waals surface area contributed by atoms with Crippen LogP contribution in [0, 0.1) is 0 Å². The molecule has 3 rings (SSSR count). The van der Waals surface area contributed by atoms with Crippen LogP contribution in [0.3, 0.4) is 0 Å². The Morgan fingerprint density at radius 2 is 2.15 bits per heavy atom. The number of ether oxygens (including phenoxy) is 2. The Morgan fingerprint density at radius 3 is 2.85 bits per heavy atom. The molecule has 2 heterocycles. The Labute approximate surface area is 117 Å². The van der Waals surface area contributed by atoms with E-state index in [0.29, 0.717) is 21.0 Å². The van der Waals surface area contributed by atoms with E-state index in [9.17, 15) is 4.79 Å². The van der Waals surface area contributed by atoms with Gasteiger partial charge in [-0.2, -0.15) is 9.61 Å². The van der Waals surface area contributed by atoms with E-state index in [1.807, 2.05) is 6.07 Å². The molecule has 1 aromatic carbocycles. The van der Waals surface area contributed by atoms with Gasteiger partial charge in [0.15, 0.2) is 0 Å². The third-order valence-electron chi connectivity index (χ3n) is 2.84. The van der Waals surface area contributed by atoms with Crippen LogP contribution in [0.25, 0.3) is 11.0 Å². The molecular formula is C13H11N3O3S. The van der Waals surface area contributed by atoms with Crippen LogP contribution < -0.4 is 19.6 Å². The number of hydrogen-bond acceptors (Lipinski definition) is 6. The molecule has 0 radical (unpaired) electrons. The van der Waals surface area contributed by atoms with Crippen LogP contribution in [0.4, 0.5) is 0 Å². The van der Waals surface area contributed by atoms with E-state index in [4.69, 9.17) is 9.47 Å². The lowest BCUT2D eigenvalue weighted by Gasteiger charge is -2.06.